The molecular formula is C14H28F2O2. The van der Waals surface area contributed by atoms with Crippen LogP contribution in [-0.4, -0.2) is 28.8 Å². The Balaban J connectivity index is 3.35. The zero-order valence-corrected chi connectivity index (χ0v) is 11.7. The molecule has 0 rings (SSSR count). The molecule has 110 valence electrons. The summed E-state index contributed by atoms with van der Waals surface area (Å²) in [6.45, 7) is 3.15. The molecule has 0 aromatic rings. The smallest absolute Gasteiger partial charge is 0.295 e. The van der Waals surface area contributed by atoms with Gasteiger partial charge in [0.15, 0.2) is 0 Å². The summed E-state index contributed by atoms with van der Waals surface area (Å²) >= 11 is 0. The third-order valence-electron chi connectivity index (χ3n) is 3.21. The van der Waals surface area contributed by atoms with Crippen LogP contribution in [0, 0.1) is 5.92 Å². The highest BCUT2D eigenvalue weighted by molar-refractivity contribution is 4.75. The van der Waals surface area contributed by atoms with Crippen molar-refractivity contribution in [2.24, 2.45) is 5.92 Å². The third-order valence-corrected chi connectivity index (χ3v) is 3.21. The molecule has 0 spiro atoms. The van der Waals surface area contributed by atoms with Gasteiger partial charge in [-0.1, -0.05) is 58.8 Å². The number of unbranched alkanes of at least 4 members (excludes halogenated alkanes) is 5. The highest BCUT2D eigenvalue weighted by atomic mass is 19.3. The van der Waals surface area contributed by atoms with Crippen LogP contribution in [0.1, 0.15) is 65.2 Å². The van der Waals surface area contributed by atoms with Crippen molar-refractivity contribution in [2.45, 2.75) is 77.2 Å². The van der Waals surface area contributed by atoms with E-state index in [0.29, 0.717) is 6.42 Å². The molecule has 0 fully saturated rings. The van der Waals surface area contributed by atoms with Crippen molar-refractivity contribution in [3.05, 3.63) is 0 Å². The molecular weight excluding hydrogens is 238 g/mol. The Kier molecular flexibility index (Phi) is 9.56. The van der Waals surface area contributed by atoms with Gasteiger partial charge in [-0.3, -0.25) is 0 Å². The number of rotatable bonds is 11. The molecule has 0 bridgehead atoms. The van der Waals surface area contributed by atoms with Gasteiger partial charge in [0, 0.05) is 0 Å². The first-order valence-corrected chi connectivity index (χ1v) is 7.07. The predicted octanol–water partition coefficient (Wildman–Crippen LogP) is 3.75. The minimum absolute atomic E-state index is 0.0690. The monoisotopic (exact) mass is 266 g/mol. The molecule has 0 aromatic heterocycles. The highest BCUT2D eigenvalue weighted by Gasteiger charge is 2.36. The van der Waals surface area contributed by atoms with Gasteiger partial charge in [0.05, 0.1) is 0 Å². The van der Waals surface area contributed by atoms with Gasteiger partial charge in [-0.15, -0.1) is 0 Å². The zero-order valence-electron chi connectivity index (χ0n) is 11.7. The second kappa shape index (κ2) is 9.68. The van der Waals surface area contributed by atoms with E-state index in [9.17, 15) is 8.78 Å². The topological polar surface area (TPSA) is 40.5 Å². The molecule has 2 nitrogen and oxygen atoms in total. The Bertz CT molecular complexity index is 196. The van der Waals surface area contributed by atoms with Crippen molar-refractivity contribution in [3.8, 4) is 0 Å². The van der Waals surface area contributed by atoms with Crippen molar-refractivity contribution in [1.82, 2.24) is 0 Å². The van der Waals surface area contributed by atoms with Crippen LogP contribution in [0.25, 0.3) is 0 Å². The number of hydrogen-bond acceptors (Lipinski definition) is 2. The first-order chi connectivity index (χ1) is 8.40. The first-order valence-electron chi connectivity index (χ1n) is 7.07. The lowest BCUT2D eigenvalue weighted by Crippen LogP contribution is -2.36. The van der Waals surface area contributed by atoms with Gasteiger partial charge in [0.25, 0.3) is 5.92 Å². The Morgan fingerprint density at radius 3 is 1.78 bits per heavy atom. The maximum atomic E-state index is 12.8. The Morgan fingerprint density at radius 1 is 0.889 bits per heavy atom. The fourth-order valence-corrected chi connectivity index (χ4v) is 1.91. The number of halogens is 2. The summed E-state index contributed by atoms with van der Waals surface area (Å²) in [6, 6.07) is 0. The molecule has 18 heavy (non-hydrogen) atoms. The average Bonchev–Trinajstić information content (AvgIpc) is 2.31. The summed E-state index contributed by atoms with van der Waals surface area (Å²) in [7, 11) is 0. The molecule has 4 heteroatoms. The SMILES string of the molecule is CC(C)CCCCCCCCC(O)C(F)(F)CO. The fraction of sp³-hybridized carbons (Fsp3) is 1.00. The maximum Gasteiger partial charge on any atom is 0.295 e. The largest absolute Gasteiger partial charge is 0.390 e. The van der Waals surface area contributed by atoms with Crippen LogP contribution in [0.4, 0.5) is 8.78 Å². The van der Waals surface area contributed by atoms with Crippen LogP contribution in [0.3, 0.4) is 0 Å². The Morgan fingerprint density at radius 2 is 1.33 bits per heavy atom. The van der Waals surface area contributed by atoms with E-state index < -0.39 is 18.6 Å². The Labute approximate surface area is 109 Å². The van der Waals surface area contributed by atoms with Crippen LogP contribution in [-0.2, 0) is 0 Å². The van der Waals surface area contributed by atoms with Crippen molar-refractivity contribution in [2.75, 3.05) is 6.61 Å². The van der Waals surface area contributed by atoms with Crippen LogP contribution < -0.4 is 0 Å². The minimum Gasteiger partial charge on any atom is -0.390 e. The van der Waals surface area contributed by atoms with E-state index in [0.717, 1.165) is 25.2 Å². The van der Waals surface area contributed by atoms with Crippen LogP contribution in [0.2, 0.25) is 0 Å². The van der Waals surface area contributed by atoms with Gasteiger partial charge in [0.1, 0.15) is 12.7 Å². The Hall–Kier alpha value is -0.220. The van der Waals surface area contributed by atoms with Gasteiger partial charge in [-0.25, -0.2) is 8.78 Å². The summed E-state index contributed by atoms with van der Waals surface area (Å²) in [4.78, 5) is 0. The number of aliphatic hydroxyl groups excluding tert-OH is 2. The molecule has 1 atom stereocenters. The number of hydrogen-bond donors (Lipinski definition) is 2. The maximum absolute atomic E-state index is 12.8. The lowest BCUT2D eigenvalue weighted by atomic mass is 10.0. The van der Waals surface area contributed by atoms with Crippen molar-refractivity contribution >= 4 is 0 Å². The lowest BCUT2D eigenvalue weighted by molar-refractivity contribution is -0.138. The zero-order chi connectivity index (χ0) is 14.0. The third kappa shape index (κ3) is 8.81. The molecule has 0 aromatic carbocycles. The fourth-order valence-electron chi connectivity index (χ4n) is 1.91. The van der Waals surface area contributed by atoms with E-state index in [-0.39, 0.29) is 6.42 Å². The van der Waals surface area contributed by atoms with Crippen molar-refractivity contribution in [1.29, 1.82) is 0 Å². The first kappa shape index (κ1) is 17.8. The second-order valence-corrected chi connectivity index (χ2v) is 5.53. The quantitative estimate of drug-likeness (QED) is 0.559. The molecule has 0 amide bonds. The second-order valence-electron chi connectivity index (χ2n) is 5.53. The van der Waals surface area contributed by atoms with E-state index in [4.69, 9.17) is 10.2 Å². The van der Waals surface area contributed by atoms with Gasteiger partial charge >= 0.3 is 0 Å². The van der Waals surface area contributed by atoms with Crippen LogP contribution >= 0.6 is 0 Å². The molecule has 0 aliphatic heterocycles. The van der Waals surface area contributed by atoms with Crippen LogP contribution in [0.15, 0.2) is 0 Å². The van der Waals surface area contributed by atoms with E-state index in [1.807, 2.05) is 0 Å². The molecule has 0 aliphatic carbocycles. The van der Waals surface area contributed by atoms with Crippen LogP contribution in [0.5, 0.6) is 0 Å². The van der Waals surface area contributed by atoms with Gasteiger partial charge < -0.3 is 10.2 Å². The lowest BCUT2D eigenvalue weighted by Gasteiger charge is -2.19. The van der Waals surface area contributed by atoms with E-state index in [2.05, 4.69) is 13.8 Å². The molecule has 2 N–H and O–H groups in total. The summed E-state index contributed by atoms with van der Waals surface area (Å²) < 4.78 is 25.6. The minimum atomic E-state index is -3.35. The van der Waals surface area contributed by atoms with Gasteiger partial charge in [-0.2, -0.15) is 0 Å². The predicted molar refractivity (Wildman–Crippen MR) is 69.8 cm³/mol. The molecule has 0 saturated carbocycles. The molecule has 0 saturated heterocycles. The summed E-state index contributed by atoms with van der Waals surface area (Å²) in [5.41, 5.74) is 0. The highest BCUT2D eigenvalue weighted by Crippen LogP contribution is 2.22. The molecule has 0 aliphatic rings. The van der Waals surface area contributed by atoms with Gasteiger partial charge in [0.2, 0.25) is 0 Å². The molecule has 0 heterocycles. The normalized spacial score (nSPS) is 14.2. The average molecular weight is 266 g/mol. The number of aliphatic hydroxyl groups is 2. The summed E-state index contributed by atoms with van der Waals surface area (Å²) in [5.74, 6) is -2.60. The molecule has 1 unspecified atom stereocenters. The van der Waals surface area contributed by atoms with Crippen molar-refractivity contribution in [3.63, 3.8) is 0 Å². The van der Waals surface area contributed by atoms with E-state index >= 15 is 0 Å². The molecule has 0 radical (unpaired) electrons. The van der Waals surface area contributed by atoms with Crippen molar-refractivity contribution < 1.29 is 19.0 Å². The van der Waals surface area contributed by atoms with E-state index in [1.165, 1.54) is 19.3 Å². The van der Waals surface area contributed by atoms with Gasteiger partial charge in [-0.05, 0) is 12.3 Å². The summed E-state index contributed by atoms with van der Waals surface area (Å²) in [5, 5.41) is 17.6. The number of alkyl halides is 2. The standard InChI is InChI=1S/C14H28F2O2/c1-12(2)9-7-5-3-4-6-8-10-13(18)14(15,16)11-17/h12-13,17-18H,3-11H2,1-2H3. The summed E-state index contributed by atoms with van der Waals surface area (Å²) in [6.07, 6.45) is 5.70. The van der Waals surface area contributed by atoms with E-state index in [1.54, 1.807) is 0 Å².